The minimum atomic E-state index is -0.660. The highest BCUT2D eigenvalue weighted by atomic mass is 19.1. The number of ether oxygens (including phenoxy) is 2. The van der Waals surface area contributed by atoms with Gasteiger partial charge in [0.2, 0.25) is 11.8 Å². The predicted octanol–water partition coefficient (Wildman–Crippen LogP) is 1.88. The highest BCUT2D eigenvalue weighted by molar-refractivity contribution is 5.33. The average Bonchev–Trinajstić information content (AvgIpc) is 2.49. The third-order valence-corrected chi connectivity index (χ3v) is 2.57. The first-order chi connectivity index (χ1) is 9.72. The Hall–Kier alpha value is -2.25. The van der Waals surface area contributed by atoms with Crippen molar-refractivity contribution < 1.29 is 13.9 Å². The van der Waals surface area contributed by atoms with Crippen LogP contribution in [0.1, 0.15) is 5.56 Å². The van der Waals surface area contributed by atoms with Crippen molar-refractivity contribution >= 4 is 5.95 Å². The number of nitrogens with zero attached hydrogens (tertiary/aromatic N) is 2. The number of nitrogens with two attached hydrogens (primary N) is 1. The Kier molecular flexibility index (Phi) is 4.80. The van der Waals surface area contributed by atoms with Gasteiger partial charge in [0, 0.05) is 7.11 Å². The molecular weight excluding hydrogens is 263 g/mol. The zero-order chi connectivity index (χ0) is 14.4. The molecule has 0 unspecified atom stereocenters. The van der Waals surface area contributed by atoms with Crippen LogP contribution in [-0.2, 0) is 11.2 Å². The van der Waals surface area contributed by atoms with Crippen LogP contribution in [0.3, 0.4) is 0 Å². The summed E-state index contributed by atoms with van der Waals surface area (Å²) in [6.45, 7) is 0.645. The summed E-state index contributed by atoms with van der Waals surface area (Å²) in [7, 11) is 1.65. The maximum Gasteiger partial charge on any atom is 0.260 e. The molecule has 0 aliphatic carbocycles. The van der Waals surface area contributed by atoms with E-state index in [1.807, 2.05) is 12.1 Å². The third-order valence-electron chi connectivity index (χ3n) is 2.57. The molecule has 20 heavy (non-hydrogen) atoms. The van der Waals surface area contributed by atoms with Gasteiger partial charge in [0.1, 0.15) is 5.75 Å². The van der Waals surface area contributed by atoms with Crippen LogP contribution in [-0.4, -0.2) is 23.7 Å². The molecule has 1 heterocycles. The molecule has 2 rings (SSSR count). The summed E-state index contributed by atoms with van der Waals surface area (Å²) in [4.78, 5) is 7.42. The fourth-order valence-electron chi connectivity index (χ4n) is 1.55. The second kappa shape index (κ2) is 6.78. The van der Waals surface area contributed by atoms with E-state index >= 15 is 0 Å². The molecule has 7 heteroatoms. The topological polar surface area (TPSA) is 82.3 Å². The van der Waals surface area contributed by atoms with Crippen LogP contribution in [0.15, 0.2) is 30.5 Å². The van der Waals surface area contributed by atoms with Crippen molar-refractivity contribution in [3.8, 4) is 11.6 Å². The summed E-state index contributed by atoms with van der Waals surface area (Å²) in [5, 5.41) is 0. The first-order valence-corrected chi connectivity index (χ1v) is 5.98. The molecular formula is C13H15FN4O2. The van der Waals surface area contributed by atoms with E-state index in [4.69, 9.17) is 15.3 Å². The van der Waals surface area contributed by atoms with E-state index in [2.05, 4.69) is 15.4 Å². The quantitative estimate of drug-likeness (QED) is 0.620. The van der Waals surface area contributed by atoms with Crippen molar-refractivity contribution in [3.05, 3.63) is 41.8 Å². The van der Waals surface area contributed by atoms with Crippen LogP contribution in [0, 0.1) is 5.82 Å². The van der Waals surface area contributed by atoms with Crippen LogP contribution >= 0.6 is 0 Å². The molecule has 0 atom stereocenters. The number of halogens is 1. The summed E-state index contributed by atoms with van der Waals surface area (Å²) < 4.78 is 23.9. The molecule has 106 valence electrons. The van der Waals surface area contributed by atoms with Crippen LogP contribution in [0.25, 0.3) is 0 Å². The Bertz CT molecular complexity index is 563. The number of rotatable bonds is 6. The van der Waals surface area contributed by atoms with Crippen LogP contribution in [0.2, 0.25) is 0 Å². The van der Waals surface area contributed by atoms with Crippen molar-refractivity contribution in [1.82, 2.24) is 9.97 Å². The smallest absolute Gasteiger partial charge is 0.260 e. The number of methoxy groups -OCH3 is 1. The fraction of sp³-hybridized carbons (Fsp3) is 0.231. The molecule has 0 fully saturated rings. The van der Waals surface area contributed by atoms with E-state index in [1.54, 1.807) is 19.2 Å². The van der Waals surface area contributed by atoms with Gasteiger partial charge in [-0.25, -0.2) is 10.8 Å². The minimum absolute atomic E-state index is 0.0816. The SMILES string of the molecule is COCCc1ccc(Oc2nc(NN)ncc2F)cc1. The summed E-state index contributed by atoms with van der Waals surface area (Å²) in [5.74, 6) is 4.88. The van der Waals surface area contributed by atoms with Gasteiger partial charge in [-0.15, -0.1) is 0 Å². The molecule has 2 aromatic rings. The third kappa shape index (κ3) is 3.62. The maximum absolute atomic E-state index is 13.5. The van der Waals surface area contributed by atoms with Gasteiger partial charge < -0.3 is 9.47 Å². The molecule has 1 aromatic heterocycles. The van der Waals surface area contributed by atoms with E-state index in [9.17, 15) is 4.39 Å². The maximum atomic E-state index is 13.5. The van der Waals surface area contributed by atoms with E-state index in [0.717, 1.165) is 18.2 Å². The number of nitrogens with one attached hydrogen (secondary N) is 1. The Labute approximate surface area is 115 Å². The Balaban J connectivity index is 2.09. The van der Waals surface area contributed by atoms with E-state index in [1.165, 1.54) is 0 Å². The van der Waals surface area contributed by atoms with Crippen LogP contribution in [0.4, 0.5) is 10.3 Å². The Morgan fingerprint density at radius 3 is 2.70 bits per heavy atom. The standard InChI is InChI=1S/C13H15FN4O2/c1-19-7-6-9-2-4-10(5-3-9)20-12-11(14)8-16-13(17-12)18-15/h2-5,8H,6-7,15H2,1H3,(H,16,17,18). The molecule has 0 saturated carbocycles. The van der Waals surface area contributed by atoms with Crippen molar-refractivity contribution in [2.75, 3.05) is 19.1 Å². The first kappa shape index (κ1) is 14.2. The molecule has 0 saturated heterocycles. The Morgan fingerprint density at radius 1 is 1.30 bits per heavy atom. The second-order valence-electron chi connectivity index (χ2n) is 3.98. The molecule has 0 radical (unpaired) electrons. The lowest BCUT2D eigenvalue weighted by atomic mass is 10.1. The van der Waals surface area contributed by atoms with E-state index in [0.29, 0.717) is 12.4 Å². The number of hydrogen-bond donors (Lipinski definition) is 2. The minimum Gasteiger partial charge on any atom is -0.436 e. The van der Waals surface area contributed by atoms with E-state index in [-0.39, 0.29) is 11.8 Å². The first-order valence-electron chi connectivity index (χ1n) is 5.98. The van der Waals surface area contributed by atoms with Crippen LogP contribution in [0.5, 0.6) is 11.6 Å². The van der Waals surface area contributed by atoms with E-state index < -0.39 is 5.82 Å². The molecule has 1 aromatic carbocycles. The summed E-state index contributed by atoms with van der Waals surface area (Å²) >= 11 is 0. The van der Waals surface area contributed by atoms with Gasteiger partial charge in [0.15, 0.2) is 0 Å². The second-order valence-corrected chi connectivity index (χ2v) is 3.98. The lowest BCUT2D eigenvalue weighted by Gasteiger charge is -2.07. The highest BCUT2D eigenvalue weighted by Gasteiger charge is 2.09. The van der Waals surface area contributed by atoms with Gasteiger partial charge in [-0.05, 0) is 24.1 Å². The monoisotopic (exact) mass is 278 g/mol. The lowest BCUT2D eigenvalue weighted by molar-refractivity contribution is 0.202. The molecule has 0 aliphatic heterocycles. The van der Waals surface area contributed by atoms with Gasteiger partial charge in [0.25, 0.3) is 5.88 Å². The summed E-state index contributed by atoms with van der Waals surface area (Å²) in [5.41, 5.74) is 3.33. The summed E-state index contributed by atoms with van der Waals surface area (Å²) in [6.07, 6.45) is 1.80. The molecule has 0 bridgehead atoms. The van der Waals surface area contributed by atoms with Gasteiger partial charge in [-0.3, -0.25) is 5.43 Å². The van der Waals surface area contributed by atoms with Crippen molar-refractivity contribution in [2.45, 2.75) is 6.42 Å². The number of hydrogen-bond acceptors (Lipinski definition) is 6. The fourth-order valence-corrected chi connectivity index (χ4v) is 1.55. The molecule has 0 aliphatic rings. The number of hydrazine groups is 1. The number of aromatic nitrogens is 2. The Morgan fingerprint density at radius 2 is 2.05 bits per heavy atom. The van der Waals surface area contributed by atoms with Crippen molar-refractivity contribution in [2.24, 2.45) is 5.84 Å². The van der Waals surface area contributed by atoms with Crippen molar-refractivity contribution in [3.63, 3.8) is 0 Å². The zero-order valence-corrected chi connectivity index (χ0v) is 11.0. The molecule has 6 nitrogen and oxygen atoms in total. The van der Waals surface area contributed by atoms with Gasteiger partial charge in [0.05, 0.1) is 12.8 Å². The summed E-state index contributed by atoms with van der Waals surface area (Å²) in [6, 6.07) is 7.25. The predicted molar refractivity (Wildman–Crippen MR) is 71.9 cm³/mol. The molecule has 0 spiro atoms. The number of anilines is 1. The normalized spacial score (nSPS) is 10.3. The van der Waals surface area contributed by atoms with Gasteiger partial charge in [-0.2, -0.15) is 9.37 Å². The van der Waals surface area contributed by atoms with Crippen molar-refractivity contribution in [1.29, 1.82) is 0 Å². The van der Waals surface area contributed by atoms with Crippen LogP contribution < -0.4 is 16.0 Å². The molecule has 3 N–H and O–H groups in total. The number of nitrogen functional groups attached to an aromatic ring is 1. The van der Waals surface area contributed by atoms with Gasteiger partial charge >= 0.3 is 0 Å². The van der Waals surface area contributed by atoms with Gasteiger partial charge in [-0.1, -0.05) is 12.1 Å². The average molecular weight is 278 g/mol. The largest absolute Gasteiger partial charge is 0.436 e. The molecule has 0 amide bonds. The lowest BCUT2D eigenvalue weighted by Crippen LogP contribution is -2.11. The zero-order valence-electron chi connectivity index (χ0n) is 11.0. The number of benzene rings is 1. The highest BCUT2D eigenvalue weighted by Crippen LogP contribution is 2.23.